The second-order valence-corrected chi connectivity index (χ2v) is 8.51. The summed E-state index contributed by atoms with van der Waals surface area (Å²) in [5.41, 5.74) is 1.68. The average molecular weight is 457 g/mol. The van der Waals surface area contributed by atoms with Crippen LogP contribution in [0.25, 0.3) is 0 Å². The van der Waals surface area contributed by atoms with E-state index in [1.165, 1.54) is 5.56 Å². The maximum Gasteiger partial charge on any atom is 0.271 e. The summed E-state index contributed by atoms with van der Waals surface area (Å²) < 4.78 is 5.41. The van der Waals surface area contributed by atoms with E-state index in [9.17, 15) is 4.79 Å². The Morgan fingerprint density at radius 1 is 1.16 bits per heavy atom. The normalized spacial score (nSPS) is 17.3. The Labute approximate surface area is 192 Å². The summed E-state index contributed by atoms with van der Waals surface area (Å²) in [5.74, 6) is 2.45. The molecule has 1 amide bonds. The number of hydrogen-bond acceptors (Lipinski definition) is 6. The van der Waals surface area contributed by atoms with Crippen molar-refractivity contribution in [3.63, 3.8) is 0 Å². The minimum absolute atomic E-state index is 0.195. The molecule has 0 saturated heterocycles. The highest BCUT2D eigenvalue weighted by atomic mass is 35.5. The van der Waals surface area contributed by atoms with Crippen molar-refractivity contribution < 1.29 is 9.32 Å². The number of carbonyl (C=O) groups excluding carboxylic acids is 1. The summed E-state index contributed by atoms with van der Waals surface area (Å²) >= 11 is 5.96. The number of unbranched alkanes of at least 4 members (excludes halogenated alkanes) is 2. The molecule has 1 saturated carbocycles. The van der Waals surface area contributed by atoms with Gasteiger partial charge in [0.15, 0.2) is 11.6 Å². The van der Waals surface area contributed by atoms with Gasteiger partial charge >= 0.3 is 0 Å². The Hall–Kier alpha value is -2.87. The van der Waals surface area contributed by atoms with Crippen LogP contribution in [0, 0.1) is 0 Å². The fraction of sp³-hybridized carbons (Fsp3) is 0.478. The number of rotatable bonds is 12. The molecule has 32 heavy (non-hydrogen) atoms. The number of benzene rings is 1. The molecule has 2 atom stereocenters. The molecule has 1 aliphatic carbocycles. The van der Waals surface area contributed by atoms with Crippen LogP contribution in [0.3, 0.4) is 0 Å². The number of nitrogens with one attached hydrogen (secondary N) is 3. The second kappa shape index (κ2) is 10.6. The third-order valence-corrected chi connectivity index (χ3v) is 5.84. The molecule has 0 unspecified atom stereocenters. The van der Waals surface area contributed by atoms with Gasteiger partial charge < -0.3 is 20.1 Å². The summed E-state index contributed by atoms with van der Waals surface area (Å²) in [6.07, 6.45) is 5.63. The quantitative estimate of drug-likeness (QED) is 0.341. The third kappa shape index (κ3) is 5.68. The Morgan fingerprint density at radius 3 is 2.81 bits per heavy atom. The van der Waals surface area contributed by atoms with Crippen molar-refractivity contribution in [1.29, 1.82) is 0 Å². The van der Waals surface area contributed by atoms with E-state index in [1.54, 1.807) is 0 Å². The van der Waals surface area contributed by atoms with Crippen molar-refractivity contribution in [3.05, 3.63) is 58.6 Å². The second-order valence-electron chi connectivity index (χ2n) is 8.15. The van der Waals surface area contributed by atoms with E-state index in [0.717, 1.165) is 38.1 Å². The Balaban J connectivity index is 1.21. The number of aryl methyl sites for hydroxylation is 1. The molecule has 2 aromatic heterocycles. The Kier molecular flexibility index (Phi) is 7.42. The van der Waals surface area contributed by atoms with E-state index in [0.29, 0.717) is 48.6 Å². The van der Waals surface area contributed by atoms with Gasteiger partial charge in [-0.3, -0.25) is 4.79 Å². The van der Waals surface area contributed by atoms with E-state index in [2.05, 4.69) is 61.9 Å². The zero-order valence-electron chi connectivity index (χ0n) is 18.2. The highest BCUT2D eigenvalue weighted by molar-refractivity contribution is 6.28. The van der Waals surface area contributed by atoms with Gasteiger partial charge in [0.05, 0.1) is 0 Å². The predicted octanol–water partition coefficient (Wildman–Crippen LogP) is 4.68. The molecule has 3 N–H and O–H groups in total. The highest BCUT2D eigenvalue weighted by Gasteiger charge is 2.42. The first-order chi connectivity index (χ1) is 15.7. The van der Waals surface area contributed by atoms with Crippen molar-refractivity contribution in [2.75, 3.05) is 18.4 Å². The van der Waals surface area contributed by atoms with Crippen LogP contribution in [0.5, 0.6) is 0 Å². The van der Waals surface area contributed by atoms with Gasteiger partial charge in [-0.1, -0.05) is 55.3 Å². The maximum absolute atomic E-state index is 12.5. The number of H-pyrrole nitrogens is 1. The fourth-order valence-electron chi connectivity index (χ4n) is 3.82. The molecule has 1 fully saturated rings. The molecular formula is C23H29ClN6O2. The molecular weight excluding hydrogens is 428 g/mol. The zero-order chi connectivity index (χ0) is 22.3. The summed E-state index contributed by atoms with van der Waals surface area (Å²) in [5, 5.41) is 10.4. The molecule has 0 spiro atoms. The van der Waals surface area contributed by atoms with Crippen molar-refractivity contribution >= 4 is 23.3 Å². The first-order valence-corrected chi connectivity index (χ1v) is 11.7. The van der Waals surface area contributed by atoms with E-state index in [4.69, 9.17) is 16.1 Å². The maximum atomic E-state index is 12.5. The van der Waals surface area contributed by atoms with Gasteiger partial charge in [-0.05, 0) is 42.3 Å². The molecule has 0 bridgehead atoms. The summed E-state index contributed by atoms with van der Waals surface area (Å²) in [6.45, 7) is 3.38. The third-order valence-electron chi connectivity index (χ3n) is 5.66. The lowest BCUT2D eigenvalue weighted by molar-refractivity contribution is 0.0949. The van der Waals surface area contributed by atoms with E-state index in [-0.39, 0.29) is 11.2 Å². The number of nitrogens with zero attached hydrogens (tertiary/aromatic N) is 3. The van der Waals surface area contributed by atoms with Gasteiger partial charge in [0.2, 0.25) is 11.2 Å². The minimum atomic E-state index is -0.239. The summed E-state index contributed by atoms with van der Waals surface area (Å²) in [6, 6.07) is 10.4. The number of aromatic amines is 1. The van der Waals surface area contributed by atoms with Gasteiger partial charge in [0.1, 0.15) is 5.69 Å². The predicted molar refractivity (Wildman–Crippen MR) is 123 cm³/mol. The van der Waals surface area contributed by atoms with Gasteiger partial charge in [0, 0.05) is 25.4 Å². The Bertz CT molecular complexity index is 1020. The van der Waals surface area contributed by atoms with Gasteiger partial charge in [0.25, 0.3) is 5.91 Å². The molecule has 0 radical (unpaired) electrons. The molecule has 3 aromatic rings. The smallest absolute Gasteiger partial charge is 0.271 e. The number of hydrogen-bond donors (Lipinski definition) is 3. The van der Waals surface area contributed by atoms with Crippen molar-refractivity contribution in [3.8, 4) is 0 Å². The van der Waals surface area contributed by atoms with Gasteiger partial charge in [-0.15, -0.1) is 0 Å². The summed E-state index contributed by atoms with van der Waals surface area (Å²) in [7, 11) is 0. The first kappa shape index (κ1) is 22.3. The lowest BCUT2D eigenvalue weighted by Gasteiger charge is -2.06. The summed E-state index contributed by atoms with van der Waals surface area (Å²) in [4.78, 5) is 24.1. The lowest BCUT2D eigenvalue weighted by atomic mass is 10.1. The number of anilines is 1. The first-order valence-electron chi connectivity index (χ1n) is 11.3. The van der Waals surface area contributed by atoms with Crippen LogP contribution < -0.4 is 10.6 Å². The lowest BCUT2D eigenvalue weighted by Crippen LogP contribution is -2.26. The molecule has 1 aromatic carbocycles. The van der Waals surface area contributed by atoms with Crippen molar-refractivity contribution in [2.24, 2.45) is 0 Å². The number of halogens is 1. The standard InChI is InChI=1S/C23H29ClN6O2/c1-2-3-7-12-25-21-19(28-23(24)29-21)22(31)26-13-8-11-18-27-20(30-32-18)17-14-16(17)15-9-5-4-6-10-15/h4-6,9-10,16-17,25H,2-3,7-8,11-14H2,1H3,(H,26,31)(H,28,29)/t16-,17+/m1/s1. The van der Waals surface area contributed by atoms with Crippen LogP contribution in [0.1, 0.15) is 78.6 Å². The van der Waals surface area contributed by atoms with Crippen molar-refractivity contribution in [1.82, 2.24) is 25.4 Å². The highest BCUT2D eigenvalue weighted by Crippen LogP contribution is 2.53. The van der Waals surface area contributed by atoms with Gasteiger partial charge in [-0.25, -0.2) is 4.98 Å². The van der Waals surface area contributed by atoms with Crippen molar-refractivity contribution in [2.45, 2.75) is 57.3 Å². The van der Waals surface area contributed by atoms with Crippen LogP contribution in [0.4, 0.5) is 5.82 Å². The topological polar surface area (TPSA) is 109 Å². The molecule has 4 rings (SSSR count). The van der Waals surface area contributed by atoms with Crippen LogP contribution in [0.15, 0.2) is 34.9 Å². The molecule has 9 heteroatoms. The van der Waals surface area contributed by atoms with Crippen LogP contribution in [0.2, 0.25) is 5.28 Å². The molecule has 0 aliphatic heterocycles. The minimum Gasteiger partial charge on any atom is -0.368 e. The van der Waals surface area contributed by atoms with E-state index < -0.39 is 0 Å². The van der Waals surface area contributed by atoms with Crippen LogP contribution >= 0.6 is 11.6 Å². The zero-order valence-corrected chi connectivity index (χ0v) is 19.0. The van der Waals surface area contributed by atoms with E-state index in [1.807, 2.05) is 6.07 Å². The number of aromatic nitrogens is 4. The molecule has 1 aliphatic rings. The molecule has 170 valence electrons. The number of imidazole rings is 1. The molecule has 2 heterocycles. The fourth-order valence-corrected chi connectivity index (χ4v) is 4.00. The van der Waals surface area contributed by atoms with Crippen LogP contribution in [-0.4, -0.2) is 39.1 Å². The number of carbonyl (C=O) groups is 1. The largest absolute Gasteiger partial charge is 0.368 e. The molecule has 8 nitrogen and oxygen atoms in total. The SMILES string of the molecule is CCCCCNc1nc(Cl)[nH]c1C(=O)NCCCc1nc([C@H]2C[C@@H]2c2ccccc2)no1. The Morgan fingerprint density at radius 2 is 2.00 bits per heavy atom. The van der Waals surface area contributed by atoms with Crippen LogP contribution in [-0.2, 0) is 6.42 Å². The number of amides is 1. The van der Waals surface area contributed by atoms with E-state index >= 15 is 0 Å². The van der Waals surface area contributed by atoms with Gasteiger partial charge in [-0.2, -0.15) is 4.98 Å². The monoisotopic (exact) mass is 456 g/mol. The average Bonchev–Trinajstić information content (AvgIpc) is 3.31.